The molecule has 0 fully saturated rings. The second kappa shape index (κ2) is 7.73. The summed E-state index contributed by atoms with van der Waals surface area (Å²) < 4.78 is 18.3. The first-order chi connectivity index (χ1) is 9.83. The number of methoxy groups -OCH3 is 1. The Hall–Kier alpha value is -1.95. The van der Waals surface area contributed by atoms with E-state index in [4.69, 9.17) is 0 Å². The summed E-state index contributed by atoms with van der Waals surface area (Å²) >= 11 is 0. The number of amides is 1. The molecule has 1 aromatic rings. The molecule has 116 valence electrons. The highest BCUT2D eigenvalue weighted by Gasteiger charge is 2.13. The third kappa shape index (κ3) is 5.51. The zero-order valence-electron chi connectivity index (χ0n) is 12.8. The van der Waals surface area contributed by atoms with Crippen molar-refractivity contribution in [3.8, 4) is 0 Å². The van der Waals surface area contributed by atoms with E-state index in [0.29, 0.717) is 12.1 Å². The highest BCUT2D eigenvalue weighted by molar-refractivity contribution is 5.89. The molecule has 0 saturated heterocycles. The summed E-state index contributed by atoms with van der Waals surface area (Å²) in [5.41, 5.74) is 0.585. The number of carbonyl (C=O) groups excluding carboxylic acids is 2. The second-order valence-electron chi connectivity index (χ2n) is 5.20. The number of rotatable bonds is 6. The molecule has 6 heteroatoms. The summed E-state index contributed by atoms with van der Waals surface area (Å²) in [6.07, 6.45) is 0. The Morgan fingerprint density at radius 2 is 2.05 bits per heavy atom. The van der Waals surface area contributed by atoms with Crippen molar-refractivity contribution in [2.75, 3.05) is 20.7 Å². The highest BCUT2D eigenvalue weighted by atomic mass is 19.1. The van der Waals surface area contributed by atoms with Gasteiger partial charge in [-0.25, -0.2) is 9.18 Å². The highest BCUT2D eigenvalue weighted by Crippen LogP contribution is 2.13. The predicted octanol–water partition coefficient (Wildman–Crippen LogP) is 1.57. The molecule has 0 aliphatic heterocycles. The van der Waals surface area contributed by atoms with Crippen molar-refractivity contribution in [1.29, 1.82) is 0 Å². The van der Waals surface area contributed by atoms with E-state index in [1.807, 2.05) is 13.8 Å². The van der Waals surface area contributed by atoms with Crippen LogP contribution in [0.25, 0.3) is 0 Å². The van der Waals surface area contributed by atoms with Gasteiger partial charge in [0, 0.05) is 12.6 Å². The molecule has 1 N–H and O–H groups in total. The average Bonchev–Trinajstić information content (AvgIpc) is 2.36. The van der Waals surface area contributed by atoms with E-state index in [1.165, 1.54) is 19.2 Å². The Morgan fingerprint density at radius 1 is 1.38 bits per heavy atom. The van der Waals surface area contributed by atoms with E-state index in [1.54, 1.807) is 18.0 Å². The quantitative estimate of drug-likeness (QED) is 0.810. The average molecular weight is 296 g/mol. The molecule has 0 heterocycles. The van der Waals surface area contributed by atoms with E-state index in [9.17, 15) is 14.0 Å². The van der Waals surface area contributed by atoms with Crippen LogP contribution in [0.4, 0.5) is 4.39 Å². The van der Waals surface area contributed by atoms with Gasteiger partial charge in [0.25, 0.3) is 0 Å². The van der Waals surface area contributed by atoms with Gasteiger partial charge in [-0.05, 0) is 38.6 Å². The molecule has 1 aromatic carbocycles. The first-order valence-electron chi connectivity index (χ1n) is 6.68. The maximum atomic E-state index is 13.8. The second-order valence-corrected chi connectivity index (χ2v) is 5.20. The molecule has 5 nitrogen and oxygen atoms in total. The molecule has 0 aromatic heterocycles. The third-order valence-corrected chi connectivity index (χ3v) is 2.75. The number of hydrogen-bond acceptors (Lipinski definition) is 4. The van der Waals surface area contributed by atoms with Crippen LogP contribution in [0.5, 0.6) is 0 Å². The van der Waals surface area contributed by atoms with Gasteiger partial charge in [0.2, 0.25) is 5.91 Å². The van der Waals surface area contributed by atoms with Crippen LogP contribution in [0.3, 0.4) is 0 Å². The normalized spacial score (nSPS) is 10.8. The first kappa shape index (κ1) is 17.1. The molecule has 0 atom stereocenters. The fourth-order valence-corrected chi connectivity index (χ4v) is 1.91. The zero-order valence-corrected chi connectivity index (χ0v) is 12.8. The van der Waals surface area contributed by atoms with Crippen LogP contribution in [0.15, 0.2) is 18.2 Å². The van der Waals surface area contributed by atoms with Crippen LogP contribution in [-0.4, -0.2) is 43.5 Å². The van der Waals surface area contributed by atoms with Gasteiger partial charge in [0.05, 0.1) is 19.2 Å². The number of carbonyl (C=O) groups is 2. The minimum atomic E-state index is -0.705. The summed E-state index contributed by atoms with van der Waals surface area (Å²) in [5.74, 6) is -1.41. The Kier molecular flexibility index (Phi) is 6.30. The molecule has 0 unspecified atom stereocenters. The van der Waals surface area contributed by atoms with Crippen molar-refractivity contribution in [2.45, 2.75) is 26.4 Å². The number of ether oxygens (including phenoxy) is 1. The summed E-state index contributed by atoms with van der Waals surface area (Å²) in [6.45, 7) is 4.40. The summed E-state index contributed by atoms with van der Waals surface area (Å²) in [5, 5.41) is 2.79. The van der Waals surface area contributed by atoms with Crippen LogP contribution >= 0.6 is 0 Å². The van der Waals surface area contributed by atoms with Crippen molar-refractivity contribution >= 4 is 11.9 Å². The lowest BCUT2D eigenvalue weighted by atomic mass is 10.1. The molecular formula is C15H21FN2O3. The minimum absolute atomic E-state index is 0.0841. The van der Waals surface area contributed by atoms with Crippen molar-refractivity contribution in [2.24, 2.45) is 0 Å². The molecule has 0 spiro atoms. The van der Waals surface area contributed by atoms with Crippen LogP contribution in [0.1, 0.15) is 29.8 Å². The van der Waals surface area contributed by atoms with Gasteiger partial charge in [0.15, 0.2) is 0 Å². The summed E-state index contributed by atoms with van der Waals surface area (Å²) in [4.78, 5) is 24.7. The smallest absolute Gasteiger partial charge is 0.340 e. The van der Waals surface area contributed by atoms with E-state index in [-0.39, 0.29) is 24.1 Å². The maximum Gasteiger partial charge on any atom is 0.340 e. The van der Waals surface area contributed by atoms with Gasteiger partial charge >= 0.3 is 5.97 Å². The lowest BCUT2D eigenvalue weighted by molar-refractivity contribution is -0.122. The number of nitrogens with zero attached hydrogens (tertiary/aromatic N) is 1. The van der Waals surface area contributed by atoms with Crippen LogP contribution in [-0.2, 0) is 16.1 Å². The number of likely N-dealkylation sites (N-methyl/N-ethyl adjacent to an activating group) is 1. The molecule has 1 amide bonds. The SMILES string of the molecule is COC(=O)c1ccc(CN(C)CC(=O)NC(C)C)cc1F. The Bertz CT molecular complexity index is 518. The molecule has 0 aliphatic rings. The van der Waals surface area contributed by atoms with E-state index in [2.05, 4.69) is 10.1 Å². The van der Waals surface area contributed by atoms with Crippen molar-refractivity contribution < 1.29 is 18.7 Å². The number of halogens is 1. The number of benzene rings is 1. The minimum Gasteiger partial charge on any atom is -0.465 e. The van der Waals surface area contributed by atoms with Gasteiger partial charge in [-0.2, -0.15) is 0 Å². The Labute approximate surface area is 124 Å². The molecule has 21 heavy (non-hydrogen) atoms. The van der Waals surface area contributed by atoms with Crippen molar-refractivity contribution in [1.82, 2.24) is 10.2 Å². The monoisotopic (exact) mass is 296 g/mol. The topological polar surface area (TPSA) is 58.6 Å². The fourth-order valence-electron chi connectivity index (χ4n) is 1.91. The molecule has 0 saturated carbocycles. The van der Waals surface area contributed by atoms with Crippen molar-refractivity contribution in [3.63, 3.8) is 0 Å². The van der Waals surface area contributed by atoms with Crippen LogP contribution < -0.4 is 5.32 Å². The molecular weight excluding hydrogens is 275 g/mol. The third-order valence-electron chi connectivity index (χ3n) is 2.75. The number of nitrogens with one attached hydrogen (secondary N) is 1. The number of hydrogen-bond donors (Lipinski definition) is 1. The van der Waals surface area contributed by atoms with Gasteiger partial charge in [-0.15, -0.1) is 0 Å². The first-order valence-corrected chi connectivity index (χ1v) is 6.68. The molecule has 0 radical (unpaired) electrons. The molecule has 0 bridgehead atoms. The molecule has 0 aliphatic carbocycles. The Morgan fingerprint density at radius 3 is 2.57 bits per heavy atom. The standard InChI is InChI=1S/C15H21FN2O3/c1-10(2)17-14(19)9-18(3)8-11-5-6-12(13(16)7-11)15(20)21-4/h5-7,10H,8-9H2,1-4H3,(H,17,19). The van der Waals surface area contributed by atoms with Gasteiger partial charge in [-0.3, -0.25) is 9.69 Å². The Balaban J connectivity index is 2.65. The number of esters is 1. The van der Waals surface area contributed by atoms with E-state index in [0.717, 1.165) is 0 Å². The zero-order chi connectivity index (χ0) is 16.0. The van der Waals surface area contributed by atoms with Gasteiger partial charge in [-0.1, -0.05) is 6.07 Å². The fraction of sp³-hybridized carbons (Fsp3) is 0.467. The lowest BCUT2D eigenvalue weighted by Gasteiger charge is -2.17. The summed E-state index contributed by atoms with van der Waals surface area (Å²) in [7, 11) is 2.98. The van der Waals surface area contributed by atoms with E-state index >= 15 is 0 Å². The van der Waals surface area contributed by atoms with Gasteiger partial charge in [0.1, 0.15) is 5.82 Å². The van der Waals surface area contributed by atoms with Crippen LogP contribution in [0.2, 0.25) is 0 Å². The molecule has 1 rings (SSSR count). The predicted molar refractivity (Wildman–Crippen MR) is 77.4 cm³/mol. The van der Waals surface area contributed by atoms with E-state index < -0.39 is 11.8 Å². The largest absolute Gasteiger partial charge is 0.465 e. The lowest BCUT2D eigenvalue weighted by Crippen LogP contribution is -2.38. The summed E-state index contributed by atoms with van der Waals surface area (Å²) in [6, 6.07) is 4.40. The van der Waals surface area contributed by atoms with Crippen molar-refractivity contribution in [3.05, 3.63) is 35.1 Å². The van der Waals surface area contributed by atoms with Gasteiger partial charge < -0.3 is 10.1 Å². The van der Waals surface area contributed by atoms with Crippen LogP contribution in [0, 0.1) is 5.82 Å². The maximum absolute atomic E-state index is 13.8.